The normalized spacial score (nSPS) is 19.9. The summed E-state index contributed by atoms with van der Waals surface area (Å²) < 4.78 is 18.9. The molecule has 1 aliphatic carbocycles. The zero-order valence-corrected chi connectivity index (χ0v) is 24.0. The summed E-state index contributed by atoms with van der Waals surface area (Å²) in [7, 11) is 0. The smallest absolute Gasteiger partial charge is 0.333 e. The van der Waals surface area contributed by atoms with E-state index >= 15 is 0 Å². The van der Waals surface area contributed by atoms with Crippen molar-refractivity contribution < 1.29 is 9.18 Å². The number of benzene rings is 1. The fourth-order valence-corrected chi connectivity index (χ4v) is 7.27. The molecule has 1 aromatic carbocycles. The molecule has 0 atom stereocenters. The Labute approximate surface area is 240 Å². The number of rotatable bonds is 5. The summed E-state index contributed by atoms with van der Waals surface area (Å²) in [5.74, 6) is 1.10. The van der Waals surface area contributed by atoms with E-state index in [1.807, 2.05) is 48.5 Å². The fourth-order valence-electron chi connectivity index (χ4n) is 6.19. The van der Waals surface area contributed by atoms with Gasteiger partial charge in [-0.3, -0.25) is 18.7 Å². The average molecular weight is 577 g/mol. The molecule has 0 spiro atoms. The van der Waals surface area contributed by atoms with Crippen LogP contribution in [0, 0.1) is 19.7 Å². The largest absolute Gasteiger partial charge is 0.349 e. The second kappa shape index (κ2) is 11.3. The van der Waals surface area contributed by atoms with Crippen LogP contribution in [0.3, 0.4) is 0 Å². The number of halogens is 1. The Morgan fingerprint density at radius 2 is 1.63 bits per heavy atom. The highest BCUT2D eigenvalue weighted by molar-refractivity contribution is 7.99. The molecule has 0 bridgehead atoms. The number of hydrogen-bond acceptors (Lipinski definition) is 6. The molecule has 9 nitrogen and oxygen atoms in total. The van der Waals surface area contributed by atoms with Crippen LogP contribution in [0.5, 0.6) is 0 Å². The zero-order valence-electron chi connectivity index (χ0n) is 23.2. The van der Waals surface area contributed by atoms with E-state index < -0.39 is 11.4 Å². The van der Waals surface area contributed by atoms with E-state index in [4.69, 9.17) is 0 Å². The van der Waals surface area contributed by atoms with Crippen LogP contribution < -0.4 is 16.6 Å². The van der Waals surface area contributed by atoms with Crippen molar-refractivity contribution in [1.29, 1.82) is 0 Å². The lowest BCUT2D eigenvalue weighted by Crippen LogP contribution is -2.46. The third kappa shape index (κ3) is 5.35. The van der Waals surface area contributed by atoms with Crippen LogP contribution in [0.25, 0.3) is 16.7 Å². The first-order valence-electron chi connectivity index (χ1n) is 14.1. The molecule has 1 aliphatic heterocycles. The summed E-state index contributed by atoms with van der Waals surface area (Å²) in [6, 6.07) is 10.1. The van der Waals surface area contributed by atoms with Crippen molar-refractivity contribution in [3.63, 3.8) is 0 Å². The van der Waals surface area contributed by atoms with Crippen molar-refractivity contribution >= 4 is 28.7 Å². The van der Waals surface area contributed by atoms with Crippen molar-refractivity contribution in [1.82, 2.24) is 29.2 Å². The molecule has 0 unspecified atom stereocenters. The third-order valence-corrected chi connectivity index (χ3v) is 9.31. The summed E-state index contributed by atoms with van der Waals surface area (Å²) in [5.41, 5.74) is 2.81. The molecule has 1 saturated carbocycles. The maximum absolute atomic E-state index is 14.2. The lowest BCUT2D eigenvalue weighted by Gasteiger charge is -2.31. The minimum Gasteiger partial charge on any atom is -0.349 e. The molecule has 6 rings (SSSR count). The number of thioether (sulfide) groups is 1. The van der Waals surface area contributed by atoms with E-state index in [1.165, 1.54) is 10.6 Å². The maximum Gasteiger partial charge on any atom is 0.333 e. The van der Waals surface area contributed by atoms with Gasteiger partial charge in [0.1, 0.15) is 11.5 Å². The topological polar surface area (TPSA) is 104 Å². The van der Waals surface area contributed by atoms with Crippen molar-refractivity contribution in [3.05, 3.63) is 86.2 Å². The molecule has 1 amide bonds. The Morgan fingerprint density at radius 1 is 0.951 bits per heavy atom. The number of nitrogens with zero attached hydrogens (tertiary/aromatic N) is 5. The highest BCUT2D eigenvalue weighted by atomic mass is 32.2. The van der Waals surface area contributed by atoms with Gasteiger partial charge in [-0.2, -0.15) is 16.9 Å². The van der Waals surface area contributed by atoms with Gasteiger partial charge in [0.25, 0.3) is 11.5 Å². The molecule has 214 valence electrons. The standard InChI is InChI=1S/C30H33FN6O3S/c1-18-15-19(2)37(34-18)25-7-3-20(4-8-25)28(38)33-22-5-9-23(10-6-22)36-29(39)26-16-21(31)17-32-27(26)35(30(36)40)24-11-13-41-14-12-24/h3-4,7-8,15-17,22-24H,5-6,9-14H2,1-2H3,(H,33,38). The van der Waals surface area contributed by atoms with E-state index in [9.17, 15) is 18.8 Å². The van der Waals surface area contributed by atoms with Gasteiger partial charge in [0.2, 0.25) is 0 Å². The van der Waals surface area contributed by atoms with Crippen LogP contribution in [0.4, 0.5) is 4.39 Å². The first-order chi connectivity index (χ1) is 19.8. The van der Waals surface area contributed by atoms with Crippen molar-refractivity contribution in [2.24, 2.45) is 0 Å². The summed E-state index contributed by atoms with van der Waals surface area (Å²) in [5, 5.41) is 7.75. The van der Waals surface area contributed by atoms with Gasteiger partial charge in [0.05, 0.1) is 23.0 Å². The number of fused-ring (bicyclic) bond motifs is 1. The molecule has 2 fully saturated rings. The van der Waals surface area contributed by atoms with Gasteiger partial charge >= 0.3 is 5.69 Å². The zero-order chi connectivity index (χ0) is 28.7. The quantitative estimate of drug-likeness (QED) is 0.376. The Balaban J connectivity index is 1.19. The van der Waals surface area contributed by atoms with Crippen LogP contribution >= 0.6 is 11.8 Å². The van der Waals surface area contributed by atoms with E-state index in [2.05, 4.69) is 15.4 Å². The Morgan fingerprint density at radius 3 is 2.29 bits per heavy atom. The maximum atomic E-state index is 14.2. The van der Waals surface area contributed by atoms with Gasteiger partial charge in [-0.05, 0) is 100 Å². The predicted molar refractivity (Wildman–Crippen MR) is 158 cm³/mol. The van der Waals surface area contributed by atoms with Crippen LogP contribution in [-0.4, -0.2) is 47.4 Å². The summed E-state index contributed by atoms with van der Waals surface area (Å²) in [6.07, 6.45) is 5.06. The molecule has 0 radical (unpaired) electrons. The predicted octanol–water partition coefficient (Wildman–Crippen LogP) is 4.48. The number of aryl methyl sites for hydroxylation is 2. The molecule has 4 aromatic rings. The molecule has 1 saturated heterocycles. The van der Waals surface area contributed by atoms with E-state index in [1.54, 1.807) is 16.7 Å². The van der Waals surface area contributed by atoms with Crippen molar-refractivity contribution in [2.45, 2.75) is 70.5 Å². The third-order valence-electron chi connectivity index (χ3n) is 8.26. The van der Waals surface area contributed by atoms with E-state index in [0.717, 1.165) is 47.6 Å². The second-order valence-corrected chi connectivity index (χ2v) is 12.3. The SMILES string of the molecule is Cc1cc(C)n(-c2ccc(C(=O)NC3CCC(n4c(=O)c5cc(F)cnc5n(C5CCSCC5)c4=O)CC3)cc2)n1. The minimum atomic E-state index is -0.597. The summed E-state index contributed by atoms with van der Waals surface area (Å²) in [6.45, 7) is 3.93. The Hall–Kier alpha value is -3.73. The minimum absolute atomic E-state index is 0.0673. The molecule has 1 N–H and O–H groups in total. The van der Waals surface area contributed by atoms with E-state index in [0.29, 0.717) is 31.2 Å². The summed E-state index contributed by atoms with van der Waals surface area (Å²) in [4.78, 5) is 44.5. The second-order valence-electron chi connectivity index (χ2n) is 11.1. The van der Waals surface area contributed by atoms with Gasteiger partial charge in [0, 0.05) is 29.4 Å². The molecule has 4 heterocycles. The first-order valence-corrected chi connectivity index (χ1v) is 15.3. The highest BCUT2D eigenvalue weighted by Crippen LogP contribution is 2.30. The fraction of sp³-hybridized carbons (Fsp3) is 0.433. The lowest BCUT2D eigenvalue weighted by molar-refractivity contribution is 0.0922. The highest BCUT2D eigenvalue weighted by Gasteiger charge is 2.30. The summed E-state index contributed by atoms with van der Waals surface area (Å²) >= 11 is 1.84. The van der Waals surface area contributed by atoms with E-state index in [-0.39, 0.29) is 40.8 Å². The number of carbonyl (C=O) groups is 1. The van der Waals surface area contributed by atoms with Crippen LogP contribution in [-0.2, 0) is 0 Å². The van der Waals surface area contributed by atoms with Gasteiger partial charge in [-0.25, -0.2) is 18.9 Å². The number of amides is 1. The molecular formula is C30H33FN6O3S. The number of aromatic nitrogens is 5. The monoisotopic (exact) mass is 576 g/mol. The number of nitrogens with one attached hydrogen (secondary N) is 1. The number of carbonyl (C=O) groups excluding carboxylic acids is 1. The molecule has 3 aromatic heterocycles. The van der Waals surface area contributed by atoms with Crippen LogP contribution in [0.2, 0.25) is 0 Å². The van der Waals surface area contributed by atoms with Gasteiger partial charge in [-0.15, -0.1) is 0 Å². The molecule has 11 heteroatoms. The first kappa shape index (κ1) is 27.4. The van der Waals surface area contributed by atoms with Crippen LogP contribution in [0.1, 0.15) is 72.4 Å². The van der Waals surface area contributed by atoms with Crippen molar-refractivity contribution in [3.8, 4) is 5.69 Å². The number of pyridine rings is 1. The molecular weight excluding hydrogens is 543 g/mol. The van der Waals surface area contributed by atoms with Gasteiger partial charge in [0.15, 0.2) is 0 Å². The van der Waals surface area contributed by atoms with Crippen LogP contribution in [0.15, 0.2) is 52.2 Å². The molecule has 2 aliphatic rings. The van der Waals surface area contributed by atoms with Gasteiger partial charge < -0.3 is 5.32 Å². The number of hydrogen-bond donors (Lipinski definition) is 1. The Bertz CT molecular complexity index is 1710. The molecule has 41 heavy (non-hydrogen) atoms. The Kier molecular flexibility index (Phi) is 7.54. The van der Waals surface area contributed by atoms with Gasteiger partial charge in [-0.1, -0.05) is 0 Å². The van der Waals surface area contributed by atoms with Crippen molar-refractivity contribution in [2.75, 3.05) is 11.5 Å². The average Bonchev–Trinajstić information content (AvgIpc) is 3.32. The lowest BCUT2D eigenvalue weighted by atomic mass is 9.90.